The molecule has 2 aliphatic heterocycles. The molecule has 0 unspecified atom stereocenters. The summed E-state index contributed by atoms with van der Waals surface area (Å²) in [5.74, 6) is -0.0166. The minimum absolute atomic E-state index is 0.0128. The van der Waals surface area contributed by atoms with E-state index in [4.69, 9.17) is 37.8 Å². The number of anilines is 2. The summed E-state index contributed by atoms with van der Waals surface area (Å²) in [4.78, 5) is 13.4. The molecule has 0 saturated carbocycles. The van der Waals surface area contributed by atoms with Gasteiger partial charge in [0.1, 0.15) is 17.6 Å². The molecule has 0 bridgehead atoms. The van der Waals surface area contributed by atoms with Crippen molar-refractivity contribution in [2.45, 2.75) is 29.8 Å². The van der Waals surface area contributed by atoms with Crippen LogP contribution < -0.4 is 18.7 Å². The van der Waals surface area contributed by atoms with Gasteiger partial charge in [-0.05, 0) is 54.4 Å². The minimum atomic E-state index is -4.00. The van der Waals surface area contributed by atoms with Gasteiger partial charge in [-0.1, -0.05) is 35.3 Å². The summed E-state index contributed by atoms with van der Waals surface area (Å²) in [5, 5.41) is 10.4. The Morgan fingerprint density at radius 3 is 2.45 bits per heavy atom. The van der Waals surface area contributed by atoms with E-state index in [1.54, 1.807) is 24.3 Å². The lowest BCUT2D eigenvalue weighted by Gasteiger charge is -2.43. The van der Waals surface area contributed by atoms with Gasteiger partial charge in [0.15, 0.2) is 0 Å². The zero-order valence-electron chi connectivity index (χ0n) is 20.5. The standard InChI is InChI=1S/C27H26Cl2N2O6S/c1-36-19-4-2-5-21(13-19)38(34,35)31-16-20(9-11-26(32)33)37-25-10-8-18(12-24(25)31)30-14-17(15-30)27-22(28)6-3-7-23(27)29/h2-8,10,12-13,17,20H,9,11,14-16H2,1H3,(H,32,33)/t20-/m1/s1. The molecular weight excluding hydrogens is 551 g/mol. The highest BCUT2D eigenvalue weighted by Gasteiger charge is 2.37. The summed E-state index contributed by atoms with van der Waals surface area (Å²) in [6.07, 6.45) is -0.571. The fourth-order valence-electron chi connectivity index (χ4n) is 4.82. The summed E-state index contributed by atoms with van der Waals surface area (Å²) in [7, 11) is -2.53. The molecule has 1 N–H and O–H groups in total. The molecule has 1 saturated heterocycles. The Hall–Kier alpha value is -3.14. The van der Waals surface area contributed by atoms with Crippen LogP contribution in [0.4, 0.5) is 11.4 Å². The van der Waals surface area contributed by atoms with E-state index >= 15 is 0 Å². The quantitative estimate of drug-likeness (QED) is 0.382. The number of hydrogen-bond acceptors (Lipinski definition) is 6. The maximum atomic E-state index is 13.8. The zero-order valence-corrected chi connectivity index (χ0v) is 22.8. The van der Waals surface area contributed by atoms with Gasteiger partial charge in [-0.3, -0.25) is 9.10 Å². The van der Waals surface area contributed by atoms with E-state index in [1.807, 2.05) is 24.3 Å². The van der Waals surface area contributed by atoms with E-state index in [-0.39, 0.29) is 30.2 Å². The Kier molecular flexibility index (Phi) is 7.35. The van der Waals surface area contributed by atoms with Crippen molar-refractivity contribution in [1.29, 1.82) is 0 Å². The molecule has 1 fully saturated rings. The van der Waals surface area contributed by atoms with Crippen molar-refractivity contribution in [2.75, 3.05) is 35.9 Å². The molecule has 5 rings (SSSR count). The number of carbonyl (C=O) groups is 1. The van der Waals surface area contributed by atoms with E-state index in [9.17, 15) is 13.2 Å². The fourth-order valence-corrected chi connectivity index (χ4v) is 7.06. The maximum absolute atomic E-state index is 13.8. The lowest BCUT2D eigenvalue weighted by molar-refractivity contribution is -0.137. The van der Waals surface area contributed by atoms with Crippen molar-refractivity contribution in [1.82, 2.24) is 0 Å². The number of methoxy groups -OCH3 is 1. The molecule has 11 heteroatoms. The lowest BCUT2D eigenvalue weighted by Crippen LogP contribution is -2.46. The minimum Gasteiger partial charge on any atom is -0.497 e. The number of carboxylic acids is 1. The van der Waals surface area contributed by atoms with Crippen LogP contribution in [0.2, 0.25) is 10.0 Å². The second kappa shape index (κ2) is 10.6. The summed E-state index contributed by atoms with van der Waals surface area (Å²) in [6.45, 7) is 1.33. The molecule has 0 amide bonds. The average molecular weight is 577 g/mol. The third-order valence-electron chi connectivity index (χ3n) is 6.84. The van der Waals surface area contributed by atoms with Crippen molar-refractivity contribution in [2.24, 2.45) is 0 Å². The first-order chi connectivity index (χ1) is 18.2. The lowest BCUT2D eigenvalue weighted by atomic mass is 9.90. The van der Waals surface area contributed by atoms with Crippen LogP contribution in [0.15, 0.2) is 65.6 Å². The average Bonchev–Trinajstić information content (AvgIpc) is 2.87. The molecule has 2 aliphatic rings. The second-order valence-corrected chi connectivity index (χ2v) is 12.0. The van der Waals surface area contributed by atoms with Gasteiger partial charge in [-0.2, -0.15) is 0 Å². The van der Waals surface area contributed by atoms with Gasteiger partial charge < -0.3 is 19.5 Å². The SMILES string of the molecule is COc1cccc(S(=O)(=O)N2C[C@@H](CCC(=O)O)Oc3ccc(N4CC(c5c(Cl)cccc5Cl)C4)cc32)c1. The Bertz CT molecular complexity index is 1460. The van der Waals surface area contributed by atoms with Crippen LogP contribution in [0.25, 0.3) is 0 Å². The van der Waals surface area contributed by atoms with Crippen LogP contribution in [-0.4, -0.2) is 52.3 Å². The number of carboxylic acid groups (broad SMARTS) is 1. The predicted molar refractivity (Wildman–Crippen MR) is 147 cm³/mol. The van der Waals surface area contributed by atoms with E-state index < -0.39 is 22.1 Å². The first-order valence-corrected chi connectivity index (χ1v) is 14.2. The molecule has 38 heavy (non-hydrogen) atoms. The van der Waals surface area contributed by atoms with E-state index in [0.29, 0.717) is 40.3 Å². The molecule has 2 heterocycles. The van der Waals surface area contributed by atoms with E-state index in [1.165, 1.54) is 23.5 Å². The molecule has 3 aromatic rings. The fraction of sp³-hybridized carbons (Fsp3) is 0.296. The summed E-state index contributed by atoms with van der Waals surface area (Å²) >= 11 is 12.8. The summed E-state index contributed by atoms with van der Waals surface area (Å²) in [6, 6.07) is 17.1. The van der Waals surface area contributed by atoms with Gasteiger partial charge >= 0.3 is 5.97 Å². The van der Waals surface area contributed by atoms with E-state index in [0.717, 1.165) is 11.3 Å². The predicted octanol–water partition coefficient (Wildman–Crippen LogP) is 5.43. The van der Waals surface area contributed by atoms with Crippen molar-refractivity contribution < 1.29 is 27.8 Å². The Balaban J connectivity index is 1.46. The number of rotatable bonds is 8. The third kappa shape index (κ3) is 5.10. The van der Waals surface area contributed by atoms with Gasteiger partial charge in [0.2, 0.25) is 0 Å². The molecule has 3 aromatic carbocycles. The number of halogens is 2. The molecular formula is C27H26Cl2N2O6S. The molecule has 0 aliphatic carbocycles. The van der Waals surface area contributed by atoms with Crippen LogP contribution >= 0.6 is 23.2 Å². The van der Waals surface area contributed by atoms with Gasteiger partial charge in [-0.25, -0.2) is 8.42 Å². The Morgan fingerprint density at radius 1 is 1.05 bits per heavy atom. The molecule has 0 radical (unpaired) electrons. The van der Waals surface area contributed by atoms with Crippen LogP contribution in [0.1, 0.15) is 24.3 Å². The van der Waals surface area contributed by atoms with Gasteiger partial charge in [0.05, 0.1) is 24.2 Å². The van der Waals surface area contributed by atoms with Gasteiger partial charge in [0.25, 0.3) is 10.0 Å². The summed E-state index contributed by atoms with van der Waals surface area (Å²) in [5.41, 5.74) is 2.15. The monoisotopic (exact) mass is 576 g/mol. The number of aliphatic carboxylic acids is 1. The van der Waals surface area contributed by atoms with Crippen LogP contribution in [0, 0.1) is 0 Å². The molecule has 0 spiro atoms. The van der Waals surface area contributed by atoms with E-state index in [2.05, 4.69) is 4.90 Å². The van der Waals surface area contributed by atoms with Crippen molar-refractivity contribution in [3.63, 3.8) is 0 Å². The number of sulfonamides is 1. The number of fused-ring (bicyclic) bond motifs is 1. The molecule has 200 valence electrons. The first kappa shape index (κ1) is 26.5. The van der Waals surface area contributed by atoms with Crippen molar-refractivity contribution in [3.8, 4) is 11.5 Å². The molecule has 0 aromatic heterocycles. The Morgan fingerprint density at radius 2 is 1.76 bits per heavy atom. The zero-order chi connectivity index (χ0) is 27.0. The normalized spacial score (nSPS) is 17.4. The molecule has 8 nitrogen and oxygen atoms in total. The smallest absolute Gasteiger partial charge is 0.303 e. The highest BCUT2D eigenvalue weighted by molar-refractivity contribution is 7.92. The van der Waals surface area contributed by atoms with Gasteiger partial charge in [0, 0.05) is 47.2 Å². The second-order valence-electron chi connectivity index (χ2n) is 9.28. The largest absolute Gasteiger partial charge is 0.497 e. The van der Waals surface area contributed by atoms with Crippen molar-refractivity contribution in [3.05, 3.63) is 76.3 Å². The number of nitrogens with zero attached hydrogens (tertiary/aromatic N) is 2. The number of benzene rings is 3. The third-order valence-corrected chi connectivity index (χ3v) is 9.27. The Labute approximate surface area is 231 Å². The number of ether oxygens (including phenoxy) is 2. The van der Waals surface area contributed by atoms with Crippen LogP contribution in [0.5, 0.6) is 11.5 Å². The van der Waals surface area contributed by atoms with Gasteiger partial charge in [-0.15, -0.1) is 0 Å². The highest BCUT2D eigenvalue weighted by Crippen LogP contribution is 2.44. The number of hydrogen-bond donors (Lipinski definition) is 1. The highest BCUT2D eigenvalue weighted by atomic mass is 35.5. The topological polar surface area (TPSA) is 96.4 Å². The first-order valence-electron chi connectivity index (χ1n) is 12.1. The van der Waals surface area contributed by atoms with Crippen LogP contribution in [0.3, 0.4) is 0 Å². The maximum Gasteiger partial charge on any atom is 0.303 e. The van der Waals surface area contributed by atoms with Crippen LogP contribution in [-0.2, 0) is 14.8 Å². The summed E-state index contributed by atoms with van der Waals surface area (Å²) < 4.78 is 40.3. The molecule has 1 atom stereocenters. The van der Waals surface area contributed by atoms with Crippen molar-refractivity contribution >= 4 is 50.6 Å².